The van der Waals surface area contributed by atoms with Crippen LogP contribution >= 0.6 is 0 Å². The van der Waals surface area contributed by atoms with Crippen LogP contribution in [0.1, 0.15) is 19.4 Å². The van der Waals surface area contributed by atoms with Crippen molar-refractivity contribution in [2.75, 3.05) is 11.4 Å². The number of ether oxygens (including phenoxy) is 1. The number of nitrogens with zero attached hydrogens (tertiary/aromatic N) is 2. The van der Waals surface area contributed by atoms with Crippen molar-refractivity contribution in [3.8, 4) is 17.0 Å². The largest absolute Gasteiger partial charge is 0.506 e. The first-order valence-corrected chi connectivity index (χ1v) is 10.2. The van der Waals surface area contributed by atoms with Gasteiger partial charge in [0.15, 0.2) is 5.41 Å². The molecule has 9 nitrogen and oxygen atoms in total. The molecule has 2 aromatic rings. The number of carbonyl (C=O) groups excluding carboxylic acids is 3. The van der Waals surface area contributed by atoms with Crippen LogP contribution in [0.3, 0.4) is 0 Å². The Morgan fingerprint density at radius 3 is 2.61 bits per heavy atom. The normalized spacial score (nSPS) is 26.7. The standard InChI is InChI=1S/C22H22N4O5/c1-11-10-26-15-6-5-13(17-16(27)4-3-7-23-17)8-14(15)9-22(18(26)12(2)31-11)19(28)24-21(30)25-20(22)29/h3-8,11-12,18,27H,9-10H2,1-2H3,(H2,24,25,28,29,30)/t11-,12+,18-/m1/s1. The number of benzene rings is 1. The van der Waals surface area contributed by atoms with E-state index in [1.807, 2.05) is 36.9 Å². The molecule has 1 aromatic carbocycles. The second-order valence-corrected chi connectivity index (χ2v) is 8.35. The average Bonchev–Trinajstić information content (AvgIpc) is 2.71. The number of barbiturate groups is 1. The Bertz CT molecular complexity index is 1100. The van der Waals surface area contributed by atoms with Crippen molar-refractivity contribution in [1.29, 1.82) is 0 Å². The SMILES string of the molecule is C[C@@H]1CN2c3ccc(-c4ncccc4O)cc3CC3(C(=O)NC(=O)NC3=O)[C@H]2[C@H](C)O1. The number of fused-ring (bicyclic) bond motifs is 4. The maximum atomic E-state index is 13.2. The van der Waals surface area contributed by atoms with Crippen LogP contribution in [0.4, 0.5) is 10.5 Å². The Kier molecular flexibility index (Phi) is 4.26. The maximum absolute atomic E-state index is 13.2. The topological polar surface area (TPSA) is 121 Å². The highest BCUT2D eigenvalue weighted by atomic mass is 16.5. The van der Waals surface area contributed by atoms with Gasteiger partial charge in [0.1, 0.15) is 11.4 Å². The van der Waals surface area contributed by atoms with Gasteiger partial charge in [-0.2, -0.15) is 0 Å². The van der Waals surface area contributed by atoms with Crippen molar-refractivity contribution in [2.45, 2.75) is 38.5 Å². The Hall–Kier alpha value is -3.46. The van der Waals surface area contributed by atoms with Crippen LogP contribution in [0.15, 0.2) is 36.5 Å². The monoisotopic (exact) mass is 422 g/mol. The van der Waals surface area contributed by atoms with Gasteiger partial charge in [-0.1, -0.05) is 6.07 Å². The zero-order chi connectivity index (χ0) is 21.9. The lowest BCUT2D eigenvalue weighted by atomic mass is 9.66. The molecular formula is C22H22N4O5. The van der Waals surface area contributed by atoms with Crippen molar-refractivity contribution < 1.29 is 24.2 Å². The molecule has 2 saturated heterocycles. The van der Waals surface area contributed by atoms with E-state index in [0.717, 1.165) is 11.3 Å². The molecule has 0 radical (unpaired) electrons. The Morgan fingerprint density at radius 1 is 1.16 bits per heavy atom. The summed E-state index contributed by atoms with van der Waals surface area (Å²) < 4.78 is 6.00. The highest BCUT2D eigenvalue weighted by molar-refractivity contribution is 6.20. The van der Waals surface area contributed by atoms with Gasteiger partial charge in [-0.05, 0) is 50.1 Å². The van der Waals surface area contributed by atoms with Gasteiger partial charge in [0, 0.05) is 24.0 Å². The molecule has 31 heavy (non-hydrogen) atoms. The molecule has 3 atom stereocenters. The van der Waals surface area contributed by atoms with Crippen LogP contribution < -0.4 is 15.5 Å². The van der Waals surface area contributed by atoms with Crippen LogP contribution in [0.5, 0.6) is 5.75 Å². The van der Waals surface area contributed by atoms with Crippen molar-refractivity contribution >= 4 is 23.5 Å². The number of nitrogens with one attached hydrogen (secondary N) is 2. The number of aromatic hydroxyl groups is 1. The molecule has 160 valence electrons. The number of amides is 4. The van der Waals surface area contributed by atoms with E-state index in [1.54, 1.807) is 18.3 Å². The number of hydrogen-bond acceptors (Lipinski definition) is 7. The van der Waals surface area contributed by atoms with Crippen LogP contribution in [0.2, 0.25) is 0 Å². The van der Waals surface area contributed by atoms with E-state index in [0.29, 0.717) is 17.8 Å². The van der Waals surface area contributed by atoms with E-state index in [4.69, 9.17) is 4.74 Å². The van der Waals surface area contributed by atoms with Crippen molar-refractivity contribution in [1.82, 2.24) is 15.6 Å². The molecule has 0 unspecified atom stereocenters. The molecule has 1 spiro atoms. The first kappa shape index (κ1) is 19.5. The Morgan fingerprint density at radius 2 is 1.90 bits per heavy atom. The van der Waals surface area contributed by atoms with Gasteiger partial charge in [-0.3, -0.25) is 25.2 Å². The average molecular weight is 422 g/mol. The third-order valence-corrected chi connectivity index (χ3v) is 6.37. The number of carbonyl (C=O) groups is 3. The molecule has 0 saturated carbocycles. The van der Waals surface area contributed by atoms with Gasteiger partial charge in [-0.25, -0.2) is 4.79 Å². The summed E-state index contributed by atoms with van der Waals surface area (Å²) in [7, 11) is 0. The van der Waals surface area contributed by atoms with Gasteiger partial charge in [-0.15, -0.1) is 0 Å². The summed E-state index contributed by atoms with van der Waals surface area (Å²) in [4.78, 5) is 44.4. The lowest BCUT2D eigenvalue weighted by molar-refractivity contribution is -0.153. The highest BCUT2D eigenvalue weighted by Crippen LogP contribution is 2.47. The number of rotatable bonds is 1. The summed E-state index contributed by atoms with van der Waals surface area (Å²) in [5, 5.41) is 14.8. The fourth-order valence-corrected chi connectivity index (χ4v) is 5.21. The lowest BCUT2D eigenvalue weighted by Gasteiger charge is -2.55. The van der Waals surface area contributed by atoms with Crippen LogP contribution in [-0.2, 0) is 20.7 Å². The van der Waals surface area contributed by atoms with Gasteiger partial charge >= 0.3 is 6.03 Å². The summed E-state index contributed by atoms with van der Waals surface area (Å²) >= 11 is 0. The minimum absolute atomic E-state index is 0.0400. The van der Waals surface area contributed by atoms with Gasteiger partial charge in [0.25, 0.3) is 0 Å². The molecule has 5 rings (SSSR count). The van der Waals surface area contributed by atoms with E-state index in [2.05, 4.69) is 15.6 Å². The first-order chi connectivity index (χ1) is 14.8. The number of anilines is 1. The summed E-state index contributed by atoms with van der Waals surface area (Å²) in [6.45, 7) is 4.28. The molecule has 0 bridgehead atoms. The third-order valence-electron chi connectivity index (χ3n) is 6.37. The molecule has 3 N–H and O–H groups in total. The van der Waals surface area contributed by atoms with E-state index in [9.17, 15) is 19.5 Å². The quantitative estimate of drug-likeness (QED) is 0.593. The molecule has 3 aliphatic heterocycles. The molecule has 4 heterocycles. The number of aromatic nitrogens is 1. The van der Waals surface area contributed by atoms with E-state index >= 15 is 0 Å². The number of hydrogen-bond donors (Lipinski definition) is 3. The molecule has 0 aliphatic carbocycles. The minimum Gasteiger partial charge on any atom is -0.506 e. The van der Waals surface area contributed by atoms with Crippen LogP contribution in [0, 0.1) is 5.41 Å². The van der Waals surface area contributed by atoms with Crippen LogP contribution in [-0.4, -0.2) is 52.7 Å². The molecule has 9 heteroatoms. The maximum Gasteiger partial charge on any atom is 0.328 e. The highest BCUT2D eigenvalue weighted by Gasteiger charge is 2.62. The summed E-state index contributed by atoms with van der Waals surface area (Å²) in [5.74, 6) is -1.21. The predicted octanol–water partition coefficient (Wildman–Crippen LogP) is 1.34. The molecule has 1 aromatic heterocycles. The summed E-state index contributed by atoms with van der Waals surface area (Å²) in [6.07, 6.45) is 1.16. The number of imide groups is 2. The smallest absolute Gasteiger partial charge is 0.328 e. The second-order valence-electron chi connectivity index (χ2n) is 8.35. The third kappa shape index (κ3) is 2.80. The second kappa shape index (κ2) is 6.78. The molecular weight excluding hydrogens is 400 g/mol. The number of morpholine rings is 1. The van der Waals surface area contributed by atoms with Gasteiger partial charge in [0.05, 0.1) is 18.2 Å². The van der Waals surface area contributed by atoms with Gasteiger partial charge < -0.3 is 14.7 Å². The van der Waals surface area contributed by atoms with Crippen LogP contribution in [0.25, 0.3) is 11.3 Å². The fourth-order valence-electron chi connectivity index (χ4n) is 5.21. The molecule has 2 fully saturated rings. The van der Waals surface area contributed by atoms with E-state index in [-0.39, 0.29) is 18.3 Å². The van der Waals surface area contributed by atoms with Crippen molar-refractivity contribution in [3.63, 3.8) is 0 Å². The zero-order valence-electron chi connectivity index (χ0n) is 17.1. The van der Waals surface area contributed by atoms with Crippen molar-refractivity contribution in [2.24, 2.45) is 5.41 Å². The molecule has 3 aliphatic rings. The Balaban J connectivity index is 1.69. The summed E-state index contributed by atoms with van der Waals surface area (Å²) in [6, 6.07) is 7.44. The molecule has 4 amide bonds. The first-order valence-electron chi connectivity index (χ1n) is 10.2. The fraction of sp³-hybridized carbons (Fsp3) is 0.364. The summed E-state index contributed by atoms with van der Waals surface area (Å²) in [5.41, 5.74) is 1.23. The number of urea groups is 1. The van der Waals surface area contributed by atoms with Crippen molar-refractivity contribution in [3.05, 3.63) is 42.1 Å². The van der Waals surface area contributed by atoms with Gasteiger partial charge in [0.2, 0.25) is 11.8 Å². The zero-order valence-corrected chi connectivity index (χ0v) is 17.1. The van der Waals surface area contributed by atoms with E-state index in [1.165, 1.54) is 0 Å². The minimum atomic E-state index is -1.52. The lowest BCUT2D eigenvalue weighted by Crippen LogP contribution is -2.75. The predicted molar refractivity (Wildman–Crippen MR) is 110 cm³/mol. The Labute approximate surface area is 178 Å². The van der Waals surface area contributed by atoms with E-state index < -0.39 is 35.4 Å². The number of pyridine rings is 1.